The van der Waals surface area contributed by atoms with Crippen LogP contribution in [0, 0.1) is 5.41 Å². The molecule has 0 bridgehead atoms. The minimum Gasteiger partial charge on any atom is -0.463 e. The van der Waals surface area contributed by atoms with Gasteiger partial charge in [0.15, 0.2) is 0 Å². The first-order valence-corrected chi connectivity index (χ1v) is 7.69. The zero-order valence-corrected chi connectivity index (χ0v) is 12.5. The molecule has 6 nitrogen and oxygen atoms in total. The minimum atomic E-state index is -0.622. The molecular formula is C17H16N2O4. The molecule has 1 aromatic carbocycles. The maximum Gasteiger partial charge on any atom is 0.257 e. The van der Waals surface area contributed by atoms with Crippen LogP contribution in [0.3, 0.4) is 0 Å². The van der Waals surface area contributed by atoms with Crippen molar-refractivity contribution in [3.63, 3.8) is 0 Å². The quantitative estimate of drug-likeness (QED) is 0.813. The van der Waals surface area contributed by atoms with Crippen LogP contribution in [0.4, 0.5) is 0 Å². The van der Waals surface area contributed by atoms with E-state index < -0.39 is 5.41 Å². The normalized spacial score (nSPS) is 24.4. The van der Waals surface area contributed by atoms with Gasteiger partial charge in [-0.1, -0.05) is 18.2 Å². The van der Waals surface area contributed by atoms with Gasteiger partial charge in [0.1, 0.15) is 11.8 Å². The van der Waals surface area contributed by atoms with Crippen molar-refractivity contribution in [1.82, 2.24) is 10.2 Å². The van der Waals surface area contributed by atoms with Gasteiger partial charge in [0, 0.05) is 24.9 Å². The van der Waals surface area contributed by atoms with Gasteiger partial charge in [-0.3, -0.25) is 19.7 Å². The van der Waals surface area contributed by atoms with Crippen LogP contribution in [0.25, 0.3) is 11.0 Å². The van der Waals surface area contributed by atoms with E-state index in [-0.39, 0.29) is 17.7 Å². The Balaban J connectivity index is 1.59. The molecule has 1 unspecified atom stereocenters. The van der Waals surface area contributed by atoms with Crippen LogP contribution in [0.5, 0.6) is 0 Å². The maximum absolute atomic E-state index is 12.8. The van der Waals surface area contributed by atoms with Crippen LogP contribution in [0.2, 0.25) is 0 Å². The molecule has 3 heterocycles. The van der Waals surface area contributed by atoms with Crippen molar-refractivity contribution < 1.29 is 18.8 Å². The number of fused-ring (bicyclic) bond motifs is 1. The number of likely N-dealkylation sites (tertiary alicyclic amines) is 1. The van der Waals surface area contributed by atoms with Crippen molar-refractivity contribution in [2.75, 3.05) is 13.1 Å². The van der Waals surface area contributed by atoms with Gasteiger partial charge < -0.3 is 9.32 Å². The Bertz CT molecular complexity index is 825. The van der Waals surface area contributed by atoms with Crippen molar-refractivity contribution in [3.8, 4) is 0 Å². The van der Waals surface area contributed by atoms with E-state index in [1.807, 2.05) is 24.3 Å². The van der Waals surface area contributed by atoms with Crippen LogP contribution < -0.4 is 5.32 Å². The van der Waals surface area contributed by atoms with Crippen LogP contribution in [0.15, 0.2) is 34.9 Å². The average molecular weight is 312 g/mol. The number of imide groups is 1. The number of hydrogen-bond donors (Lipinski definition) is 1. The van der Waals surface area contributed by atoms with Gasteiger partial charge in [-0.05, 0) is 18.9 Å². The number of rotatable bonds is 1. The summed E-state index contributed by atoms with van der Waals surface area (Å²) in [5.41, 5.74) is 0.569. The molecule has 2 aliphatic heterocycles. The number of para-hydroxylation sites is 1. The van der Waals surface area contributed by atoms with Crippen molar-refractivity contribution in [3.05, 3.63) is 36.1 Å². The van der Waals surface area contributed by atoms with E-state index in [1.165, 1.54) is 6.26 Å². The van der Waals surface area contributed by atoms with Crippen LogP contribution in [-0.4, -0.2) is 35.7 Å². The van der Waals surface area contributed by atoms with Gasteiger partial charge in [-0.25, -0.2) is 0 Å². The second-order valence-electron chi connectivity index (χ2n) is 6.28. The number of amides is 3. The van der Waals surface area contributed by atoms with Crippen molar-refractivity contribution in [1.29, 1.82) is 0 Å². The minimum absolute atomic E-state index is 0.128. The van der Waals surface area contributed by atoms with Gasteiger partial charge in [0.25, 0.3) is 5.91 Å². The van der Waals surface area contributed by atoms with Gasteiger partial charge in [0.05, 0.1) is 11.0 Å². The van der Waals surface area contributed by atoms with Gasteiger partial charge >= 0.3 is 0 Å². The fourth-order valence-corrected chi connectivity index (χ4v) is 3.54. The van der Waals surface area contributed by atoms with Gasteiger partial charge in [0.2, 0.25) is 11.8 Å². The topological polar surface area (TPSA) is 79.6 Å². The van der Waals surface area contributed by atoms with Crippen LogP contribution in [0.1, 0.15) is 29.6 Å². The van der Waals surface area contributed by atoms with Crippen molar-refractivity contribution in [2.24, 2.45) is 5.41 Å². The Morgan fingerprint density at radius 3 is 2.87 bits per heavy atom. The number of carbonyl (C=O) groups excluding carboxylic acids is 3. The first-order chi connectivity index (χ1) is 11.1. The molecule has 3 amide bonds. The summed E-state index contributed by atoms with van der Waals surface area (Å²) in [7, 11) is 0. The number of carbonyl (C=O) groups is 3. The highest BCUT2D eigenvalue weighted by Crippen LogP contribution is 2.38. The Labute approximate surface area is 132 Å². The lowest BCUT2D eigenvalue weighted by Crippen LogP contribution is -2.50. The highest BCUT2D eigenvalue weighted by atomic mass is 16.3. The highest BCUT2D eigenvalue weighted by Gasteiger charge is 2.48. The molecule has 0 aliphatic carbocycles. The summed E-state index contributed by atoms with van der Waals surface area (Å²) < 4.78 is 5.43. The number of piperidine rings is 1. The molecule has 23 heavy (non-hydrogen) atoms. The largest absolute Gasteiger partial charge is 0.463 e. The molecule has 1 aromatic heterocycles. The van der Waals surface area contributed by atoms with E-state index in [1.54, 1.807) is 4.90 Å². The Kier molecular flexibility index (Phi) is 3.01. The fourth-order valence-electron chi connectivity index (χ4n) is 3.54. The Hall–Kier alpha value is -2.63. The molecule has 6 heteroatoms. The first-order valence-electron chi connectivity index (χ1n) is 7.69. The molecule has 2 saturated heterocycles. The molecule has 1 atom stereocenters. The lowest BCUT2D eigenvalue weighted by molar-refractivity contribution is -0.141. The summed E-state index contributed by atoms with van der Waals surface area (Å²) in [6, 6.07) is 7.39. The van der Waals surface area contributed by atoms with Gasteiger partial charge in [-0.15, -0.1) is 0 Å². The van der Waals surface area contributed by atoms with E-state index in [4.69, 9.17) is 4.42 Å². The van der Waals surface area contributed by atoms with Crippen molar-refractivity contribution in [2.45, 2.75) is 19.3 Å². The van der Waals surface area contributed by atoms with E-state index in [0.717, 1.165) is 5.39 Å². The highest BCUT2D eigenvalue weighted by molar-refractivity contribution is 6.07. The Morgan fingerprint density at radius 2 is 2.04 bits per heavy atom. The zero-order valence-electron chi connectivity index (χ0n) is 12.5. The van der Waals surface area contributed by atoms with E-state index in [9.17, 15) is 14.4 Å². The first kappa shape index (κ1) is 14.0. The second kappa shape index (κ2) is 4.94. The summed E-state index contributed by atoms with van der Waals surface area (Å²) in [4.78, 5) is 38.0. The molecule has 2 aromatic rings. The molecule has 1 N–H and O–H groups in total. The van der Waals surface area contributed by atoms with E-state index >= 15 is 0 Å². The summed E-state index contributed by atoms with van der Waals surface area (Å²) in [6.45, 7) is 0.865. The third kappa shape index (κ3) is 2.13. The maximum atomic E-state index is 12.8. The lowest BCUT2D eigenvalue weighted by atomic mass is 9.79. The van der Waals surface area contributed by atoms with Crippen LogP contribution in [-0.2, 0) is 9.59 Å². The Morgan fingerprint density at radius 1 is 1.22 bits per heavy atom. The number of furan rings is 1. The number of nitrogens with zero attached hydrogens (tertiary/aromatic N) is 1. The molecule has 0 radical (unpaired) electrons. The van der Waals surface area contributed by atoms with Crippen LogP contribution >= 0.6 is 0 Å². The third-order valence-electron chi connectivity index (χ3n) is 4.92. The SMILES string of the molecule is O=C1CCC2(CCN(C(=O)c3coc4ccccc34)C2)C(=O)N1. The molecule has 1 spiro atoms. The average Bonchev–Trinajstić information content (AvgIpc) is 3.16. The van der Waals surface area contributed by atoms with Gasteiger partial charge in [-0.2, -0.15) is 0 Å². The smallest absolute Gasteiger partial charge is 0.257 e. The standard InChI is InChI=1S/C17H16N2O4/c20-14-5-6-17(16(22)18-14)7-8-19(10-17)15(21)12-9-23-13-4-2-1-3-11(12)13/h1-4,9H,5-8,10H2,(H,18,20,22). The predicted molar refractivity (Wildman–Crippen MR) is 81.6 cm³/mol. The van der Waals surface area contributed by atoms with E-state index in [0.29, 0.717) is 43.5 Å². The van der Waals surface area contributed by atoms with Crippen molar-refractivity contribution >= 4 is 28.7 Å². The monoisotopic (exact) mass is 312 g/mol. The molecule has 4 rings (SSSR count). The number of benzene rings is 1. The molecule has 2 aliphatic rings. The molecule has 2 fully saturated rings. The van der Waals surface area contributed by atoms with E-state index in [2.05, 4.69) is 5.32 Å². The number of nitrogens with one attached hydrogen (secondary N) is 1. The molecule has 0 saturated carbocycles. The summed E-state index contributed by atoms with van der Waals surface area (Å²) >= 11 is 0. The summed E-state index contributed by atoms with van der Waals surface area (Å²) in [6.07, 6.45) is 2.91. The lowest BCUT2D eigenvalue weighted by Gasteiger charge is -2.31. The summed E-state index contributed by atoms with van der Waals surface area (Å²) in [5.74, 6) is -0.608. The predicted octanol–water partition coefficient (Wildman–Crippen LogP) is 1.70. The zero-order chi connectivity index (χ0) is 16.0. The molecule has 118 valence electrons. The third-order valence-corrected chi connectivity index (χ3v) is 4.92. The fraction of sp³-hybridized carbons (Fsp3) is 0.353. The second-order valence-corrected chi connectivity index (χ2v) is 6.28. The molecular weight excluding hydrogens is 296 g/mol. The number of hydrogen-bond acceptors (Lipinski definition) is 4. The summed E-state index contributed by atoms with van der Waals surface area (Å²) in [5, 5.41) is 3.18.